The van der Waals surface area contributed by atoms with E-state index in [0.29, 0.717) is 5.69 Å². The SMILES string of the molecule is Cc1ccc(Cc2nnc(SC(C)C(=O)O)[nH]c2=O)c(N)c1. The average molecular weight is 320 g/mol. The number of carbonyl (C=O) groups is 1. The number of nitrogens with two attached hydrogens (primary N) is 1. The molecule has 1 heterocycles. The number of hydrogen-bond acceptors (Lipinski definition) is 6. The van der Waals surface area contributed by atoms with E-state index in [9.17, 15) is 9.59 Å². The summed E-state index contributed by atoms with van der Waals surface area (Å²) in [5.74, 6) is -0.982. The van der Waals surface area contributed by atoms with Crippen molar-refractivity contribution in [2.24, 2.45) is 0 Å². The number of nitrogens with zero attached hydrogens (tertiary/aromatic N) is 2. The molecular weight excluding hydrogens is 304 g/mol. The van der Waals surface area contributed by atoms with E-state index in [0.717, 1.165) is 22.9 Å². The molecule has 0 amide bonds. The number of thioether (sulfide) groups is 1. The monoisotopic (exact) mass is 320 g/mol. The van der Waals surface area contributed by atoms with Crippen LogP contribution in [0.5, 0.6) is 0 Å². The second-order valence-corrected chi connectivity index (χ2v) is 6.21. The van der Waals surface area contributed by atoms with Gasteiger partial charge in [-0.1, -0.05) is 23.9 Å². The Bertz CT molecular complexity index is 760. The van der Waals surface area contributed by atoms with E-state index in [1.54, 1.807) is 0 Å². The Balaban J connectivity index is 2.19. The van der Waals surface area contributed by atoms with Crippen LogP contribution in [0.25, 0.3) is 0 Å². The van der Waals surface area contributed by atoms with Crippen molar-refractivity contribution in [2.45, 2.75) is 30.7 Å². The Hall–Kier alpha value is -2.35. The van der Waals surface area contributed by atoms with Crippen molar-refractivity contribution in [3.63, 3.8) is 0 Å². The van der Waals surface area contributed by atoms with Crippen molar-refractivity contribution in [1.29, 1.82) is 0 Å². The normalized spacial score (nSPS) is 12.1. The zero-order valence-electron chi connectivity index (χ0n) is 12.2. The number of aliphatic carboxylic acids is 1. The Labute approximate surface area is 131 Å². The summed E-state index contributed by atoms with van der Waals surface area (Å²) >= 11 is 0.933. The van der Waals surface area contributed by atoms with Gasteiger partial charge in [0.25, 0.3) is 5.56 Å². The molecule has 116 valence electrons. The van der Waals surface area contributed by atoms with Gasteiger partial charge in [0.05, 0.1) is 0 Å². The van der Waals surface area contributed by atoms with Crippen LogP contribution >= 0.6 is 11.8 Å². The maximum Gasteiger partial charge on any atom is 0.316 e. The zero-order valence-corrected chi connectivity index (χ0v) is 13.0. The third-order valence-electron chi connectivity index (χ3n) is 3.04. The maximum atomic E-state index is 12.0. The summed E-state index contributed by atoms with van der Waals surface area (Å²) in [7, 11) is 0. The molecule has 0 fully saturated rings. The fourth-order valence-corrected chi connectivity index (χ4v) is 2.46. The lowest BCUT2D eigenvalue weighted by molar-refractivity contribution is -0.136. The van der Waals surface area contributed by atoms with Crippen molar-refractivity contribution in [1.82, 2.24) is 15.2 Å². The van der Waals surface area contributed by atoms with E-state index in [1.165, 1.54) is 6.92 Å². The van der Waals surface area contributed by atoms with Crippen molar-refractivity contribution in [3.05, 3.63) is 45.4 Å². The molecule has 0 bridgehead atoms. The van der Waals surface area contributed by atoms with Crippen LogP contribution in [-0.4, -0.2) is 31.5 Å². The number of aromatic amines is 1. The molecule has 1 unspecified atom stereocenters. The maximum absolute atomic E-state index is 12.0. The fraction of sp³-hybridized carbons (Fsp3) is 0.286. The highest BCUT2D eigenvalue weighted by atomic mass is 32.2. The van der Waals surface area contributed by atoms with Crippen LogP contribution in [-0.2, 0) is 11.2 Å². The summed E-state index contributed by atoms with van der Waals surface area (Å²) in [6.45, 7) is 3.44. The Morgan fingerprint density at radius 1 is 1.45 bits per heavy atom. The van der Waals surface area contributed by atoms with Crippen LogP contribution in [0.2, 0.25) is 0 Å². The Morgan fingerprint density at radius 3 is 2.77 bits per heavy atom. The van der Waals surface area contributed by atoms with Crippen molar-refractivity contribution in [2.75, 3.05) is 5.73 Å². The first kappa shape index (κ1) is 16.0. The fourth-order valence-electron chi connectivity index (χ4n) is 1.79. The molecule has 4 N–H and O–H groups in total. The van der Waals surface area contributed by atoms with Gasteiger partial charge < -0.3 is 10.8 Å². The Morgan fingerprint density at radius 2 is 2.18 bits per heavy atom. The van der Waals surface area contributed by atoms with Gasteiger partial charge in [0, 0.05) is 12.1 Å². The summed E-state index contributed by atoms with van der Waals surface area (Å²) < 4.78 is 0. The van der Waals surface area contributed by atoms with Gasteiger partial charge in [-0.25, -0.2) is 0 Å². The minimum Gasteiger partial charge on any atom is -0.480 e. The molecule has 0 saturated carbocycles. The van der Waals surface area contributed by atoms with Crippen LogP contribution in [0.4, 0.5) is 5.69 Å². The van der Waals surface area contributed by atoms with Gasteiger partial charge in [0.15, 0.2) is 5.16 Å². The number of aryl methyl sites for hydroxylation is 1. The molecule has 8 heteroatoms. The molecule has 0 aliphatic carbocycles. The van der Waals surface area contributed by atoms with E-state index >= 15 is 0 Å². The topological polar surface area (TPSA) is 122 Å². The predicted octanol–water partition coefficient (Wildman–Crippen LogP) is 1.21. The summed E-state index contributed by atoms with van der Waals surface area (Å²) in [5, 5.41) is 16.0. The molecule has 1 aromatic carbocycles. The van der Waals surface area contributed by atoms with Crippen LogP contribution in [0.1, 0.15) is 23.7 Å². The van der Waals surface area contributed by atoms with Gasteiger partial charge in [-0.3, -0.25) is 14.6 Å². The summed E-state index contributed by atoms with van der Waals surface area (Å²) in [5.41, 5.74) is 8.19. The number of benzene rings is 1. The third kappa shape index (κ3) is 3.85. The number of rotatable bonds is 5. The van der Waals surface area contributed by atoms with E-state index in [4.69, 9.17) is 10.8 Å². The number of hydrogen-bond donors (Lipinski definition) is 3. The summed E-state index contributed by atoms with van der Waals surface area (Å²) in [6.07, 6.45) is 0.272. The quantitative estimate of drug-likeness (QED) is 0.559. The molecule has 2 aromatic rings. The highest BCUT2D eigenvalue weighted by Gasteiger charge is 2.15. The minimum absolute atomic E-state index is 0.181. The van der Waals surface area contributed by atoms with E-state index in [-0.39, 0.29) is 17.3 Å². The molecule has 2 rings (SSSR count). The molecule has 0 aliphatic heterocycles. The second kappa shape index (κ2) is 6.61. The molecule has 22 heavy (non-hydrogen) atoms. The van der Waals surface area contributed by atoms with Gasteiger partial charge in [-0.05, 0) is 31.0 Å². The van der Waals surface area contributed by atoms with E-state index in [2.05, 4.69) is 15.2 Å². The number of nitrogens with one attached hydrogen (secondary N) is 1. The number of anilines is 1. The van der Waals surface area contributed by atoms with Gasteiger partial charge in [-0.2, -0.15) is 0 Å². The molecule has 0 spiro atoms. The first-order valence-electron chi connectivity index (χ1n) is 6.57. The van der Waals surface area contributed by atoms with Crippen LogP contribution < -0.4 is 11.3 Å². The number of aromatic nitrogens is 3. The summed E-state index contributed by atoms with van der Waals surface area (Å²) in [4.78, 5) is 25.3. The van der Waals surface area contributed by atoms with Crippen LogP contribution in [0.3, 0.4) is 0 Å². The minimum atomic E-state index is -0.982. The van der Waals surface area contributed by atoms with Gasteiger partial charge in [0.1, 0.15) is 10.9 Å². The van der Waals surface area contributed by atoms with Gasteiger partial charge in [0.2, 0.25) is 0 Å². The average Bonchev–Trinajstić information content (AvgIpc) is 2.44. The van der Waals surface area contributed by atoms with Crippen molar-refractivity contribution >= 4 is 23.4 Å². The highest BCUT2D eigenvalue weighted by Crippen LogP contribution is 2.18. The number of H-pyrrole nitrogens is 1. The molecular formula is C14H16N4O3S. The Kier molecular flexibility index (Phi) is 4.81. The largest absolute Gasteiger partial charge is 0.480 e. The lowest BCUT2D eigenvalue weighted by atomic mass is 10.1. The first-order valence-corrected chi connectivity index (χ1v) is 7.45. The number of carboxylic acid groups (broad SMARTS) is 1. The van der Waals surface area contributed by atoms with Crippen LogP contribution in [0.15, 0.2) is 28.2 Å². The molecule has 1 aromatic heterocycles. The van der Waals surface area contributed by atoms with Gasteiger partial charge >= 0.3 is 5.97 Å². The predicted molar refractivity (Wildman–Crippen MR) is 84.0 cm³/mol. The molecule has 7 nitrogen and oxygen atoms in total. The highest BCUT2D eigenvalue weighted by molar-refractivity contribution is 8.00. The molecule has 0 aliphatic rings. The van der Waals surface area contributed by atoms with E-state index in [1.807, 2.05) is 25.1 Å². The zero-order chi connectivity index (χ0) is 16.3. The summed E-state index contributed by atoms with van der Waals surface area (Å²) in [6, 6.07) is 5.59. The van der Waals surface area contributed by atoms with Crippen molar-refractivity contribution < 1.29 is 9.90 Å². The standard InChI is InChI=1S/C14H16N4O3S/c1-7-3-4-9(10(15)5-7)6-11-12(19)16-14(18-17-11)22-8(2)13(20)21/h3-5,8H,6,15H2,1-2H3,(H,20,21)(H,16,18,19). The second-order valence-electron chi connectivity index (χ2n) is 4.88. The number of nitrogen functional groups attached to an aromatic ring is 1. The molecule has 0 saturated heterocycles. The van der Waals surface area contributed by atoms with Crippen LogP contribution in [0, 0.1) is 6.92 Å². The van der Waals surface area contributed by atoms with Crippen molar-refractivity contribution in [3.8, 4) is 0 Å². The molecule has 1 atom stereocenters. The van der Waals surface area contributed by atoms with Gasteiger partial charge in [-0.15, -0.1) is 10.2 Å². The first-order chi connectivity index (χ1) is 10.4. The lowest BCUT2D eigenvalue weighted by Gasteiger charge is -2.07. The lowest BCUT2D eigenvalue weighted by Crippen LogP contribution is -2.20. The smallest absolute Gasteiger partial charge is 0.316 e. The third-order valence-corrected chi connectivity index (χ3v) is 4.00. The number of carboxylic acids is 1. The molecule has 0 radical (unpaired) electrons. The van der Waals surface area contributed by atoms with E-state index < -0.39 is 16.8 Å².